The molecular weight excluding hydrogens is 525 g/mol. The van der Waals surface area contributed by atoms with E-state index in [0.29, 0.717) is 23.1 Å². The van der Waals surface area contributed by atoms with Crippen LogP contribution in [0.1, 0.15) is 44.6 Å². The maximum Gasteiger partial charge on any atom is 0.433 e. The van der Waals surface area contributed by atoms with Crippen LogP contribution in [0.25, 0.3) is 10.6 Å². The van der Waals surface area contributed by atoms with Gasteiger partial charge in [0.25, 0.3) is 5.91 Å². The Hall–Kier alpha value is -2.97. The van der Waals surface area contributed by atoms with Crippen molar-refractivity contribution in [2.75, 3.05) is 17.7 Å². The summed E-state index contributed by atoms with van der Waals surface area (Å²) in [6.45, 7) is 3.46. The number of anilines is 1. The van der Waals surface area contributed by atoms with Gasteiger partial charge in [-0.1, -0.05) is 24.8 Å². The average molecular weight is 545 g/mol. The first-order valence-corrected chi connectivity index (χ1v) is 12.7. The van der Waals surface area contributed by atoms with E-state index in [2.05, 4.69) is 15.3 Å². The molecule has 0 unspecified atom stereocenters. The SMILES string of the molecule is CCCOC(=O)c1c(NC(=O)CSc2nc(-c3cccs3)cc(C(F)(F)F)n2)sc(C(N)=O)c1C. The summed E-state index contributed by atoms with van der Waals surface area (Å²) in [6.07, 6.45) is -4.12. The van der Waals surface area contributed by atoms with Crippen LogP contribution >= 0.6 is 34.4 Å². The predicted octanol–water partition coefficient (Wildman–Crippen LogP) is 4.99. The normalized spacial score (nSPS) is 11.3. The number of hydrogen-bond acceptors (Lipinski definition) is 9. The van der Waals surface area contributed by atoms with Crippen molar-refractivity contribution in [3.05, 3.63) is 45.3 Å². The van der Waals surface area contributed by atoms with Gasteiger partial charge in [0.05, 0.1) is 33.4 Å². The van der Waals surface area contributed by atoms with Gasteiger partial charge in [0.1, 0.15) is 10.7 Å². The van der Waals surface area contributed by atoms with Crippen LogP contribution in [0.4, 0.5) is 18.2 Å². The van der Waals surface area contributed by atoms with Gasteiger partial charge in [0.15, 0.2) is 5.16 Å². The zero-order chi connectivity index (χ0) is 25.8. The van der Waals surface area contributed by atoms with Gasteiger partial charge >= 0.3 is 12.1 Å². The molecule has 0 bridgehead atoms. The van der Waals surface area contributed by atoms with Crippen molar-refractivity contribution in [1.29, 1.82) is 0 Å². The van der Waals surface area contributed by atoms with E-state index in [0.717, 1.165) is 17.4 Å². The second-order valence-corrected chi connectivity index (χ2v) is 9.90. The molecule has 0 radical (unpaired) electrons. The summed E-state index contributed by atoms with van der Waals surface area (Å²) in [6, 6.07) is 4.16. The number of thiophene rings is 2. The van der Waals surface area contributed by atoms with E-state index in [4.69, 9.17) is 10.5 Å². The molecule has 0 atom stereocenters. The number of esters is 1. The number of thioether (sulfide) groups is 1. The number of carbonyl (C=O) groups excluding carboxylic acids is 3. The minimum atomic E-state index is -4.69. The Morgan fingerprint density at radius 3 is 2.60 bits per heavy atom. The minimum absolute atomic E-state index is 0.00546. The van der Waals surface area contributed by atoms with Gasteiger partial charge in [-0.25, -0.2) is 14.8 Å². The lowest BCUT2D eigenvalue weighted by atomic mass is 10.1. The molecule has 3 rings (SSSR count). The molecular formula is C21H19F3N4O4S3. The van der Waals surface area contributed by atoms with E-state index in [9.17, 15) is 27.6 Å². The quantitative estimate of drug-likeness (QED) is 0.221. The van der Waals surface area contributed by atoms with E-state index in [-0.39, 0.29) is 44.2 Å². The lowest BCUT2D eigenvalue weighted by Gasteiger charge is -2.10. The lowest BCUT2D eigenvalue weighted by Crippen LogP contribution is -2.17. The molecule has 0 aromatic carbocycles. The Morgan fingerprint density at radius 1 is 1.26 bits per heavy atom. The third-order valence-electron chi connectivity index (χ3n) is 4.37. The first-order chi connectivity index (χ1) is 16.5. The number of ether oxygens (including phenoxy) is 1. The zero-order valence-corrected chi connectivity index (χ0v) is 20.8. The van der Waals surface area contributed by atoms with E-state index < -0.39 is 29.7 Å². The van der Waals surface area contributed by atoms with E-state index in [1.807, 2.05) is 6.92 Å². The number of halogens is 3. The Balaban J connectivity index is 1.81. The molecule has 0 aliphatic carbocycles. The number of nitrogens with one attached hydrogen (secondary N) is 1. The van der Waals surface area contributed by atoms with Gasteiger partial charge in [0, 0.05) is 0 Å². The Morgan fingerprint density at radius 2 is 2.00 bits per heavy atom. The van der Waals surface area contributed by atoms with Crippen LogP contribution in [0.3, 0.4) is 0 Å². The molecule has 3 heterocycles. The molecule has 0 fully saturated rings. The number of carbonyl (C=O) groups is 3. The molecule has 186 valence electrons. The third-order valence-corrected chi connectivity index (χ3v) is 7.33. The van der Waals surface area contributed by atoms with Crippen LogP contribution in [-0.4, -0.2) is 40.1 Å². The van der Waals surface area contributed by atoms with Crippen LogP contribution in [0.15, 0.2) is 28.7 Å². The van der Waals surface area contributed by atoms with Crippen LogP contribution in [0.5, 0.6) is 0 Å². The van der Waals surface area contributed by atoms with Gasteiger partial charge in [-0.2, -0.15) is 13.2 Å². The first kappa shape index (κ1) is 26.6. The Bertz CT molecular complexity index is 1240. The Kier molecular flexibility index (Phi) is 8.51. The predicted molar refractivity (Wildman–Crippen MR) is 128 cm³/mol. The Labute approximate surface area is 210 Å². The van der Waals surface area contributed by atoms with Crippen molar-refractivity contribution in [1.82, 2.24) is 9.97 Å². The molecule has 3 N–H and O–H groups in total. The molecule has 14 heteroatoms. The van der Waals surface area contributed by atoms with Crippen LogP contribution in [0.2, 0.25) is 0 Å². The van der Waals surface area contributed by atoms with Gasteiger partial charge in [-0.15, -0.1) is 22.7 Å². The van der Waals surface area contributed by atoms with Gasteiger partial charge < -0.3 is 15.8 Å². The topological polar surface area (TPSA) is 124 Å². The molecule has 0 aliphatic heterocycles. The number of amides is 2. The molecule has 35 heavy (non-hydrogen) atoms. The molecule has 0 saturated carbocycles. The molecule has 3 aromatic heterocycles. The first-order valence-electron chi connectivity index (χ1n) is 10.0. The highest BCUT2D eigenvalue weighted by Gasteiger charge is 2.34. The van der Waals surface area contributed by atoms with E-state index in [1.54, 1.807) is 17.5 Å². The second kappa shape index (κ2) is 11.2. The lowest BCUT2D eigenvalue weighted by molar-refractivity contribution is -0.141. The standard InChI is InChI=1S/C21H19F3N4O4S3/c1-3-6-32-19(31)15-10(2)16(17(25)30)35-18(15)28-14(29)9-34-20-26-11(12-5-4-7-33-12)8-13(27-20)21(22,23)24/h4-5,7-8H,3,6,9H2,1-2H3,(H2,25,30)(H,28,29). The van der Waals surface area contributed by atoms with E-state index >= 15 is 0 Å². The van der Waals surface area contributed by atoms with Gasteiger partial charge in [-0.3, -0.25) is 9.59 Å². The number of aromatic nitrogens is 2. The van der Waals surface area contributed by atoms with Gasteiger partial charge in [-0.05, 0) is 36.4 Å². The monoisotopic (exact) mass is 544 g/mol. The molecule has 3 aromatic rings. The maximum absolute atomic E-state index is 13.3. The number of rotatable bonds is 9. The molecule has 0 aliphatic rings. The summed E-state index contributed by atoms with van der Waals surface area (Å²) in [5, 5.41) is 4.05. The fourth-order valence-corrected chi connectivity index (χ4v) is 5.24. The smallest absolute Gasteiger partial charge is 0.433 e. The fourth-order valence-electron chi connectivity index (χ4n) is 2.83. The summed E-state index contributed by atoms with van der Waals surface area (Å²) in [4.78, 5) is 45.1. The van der Waals surface area contributed by atoms with Crippen molar-refractivity contribution < 1.29 is 32.3 Å². The summed E-state index contributed by atoms with van der Waals surface area (Å²) in [5.41, 5.74) is 4.60. The maximum atomic E-state index is 13.3. The number of primary amides is 1. The number of nitrogens with two attached hydrogens (primary N) is 1. The highest BCUT2D eigenvalue weighted by Crippen LogP contribution is 2.35. The molecule has 0 saturated heterocycles. The average Bonchev–Trinajstić information content (AvgIpc) is 3.44. The molecule has 0 spiro atoms. The highest BCUT2D eigenvalue weighted by atomic mass is 32.2. The minimum Gasteiger partial charge on any atom is -0.462 e. The largest absolute Gasteiger partial charge is 0.462 e. The third kappa shape index (κ3) is 6.58. The van der Waals surface area contributed by atoms with Crippen LogP contribution in [0, 0.1) is 6.92 Å². The van der Waals surface area contributed by atoms with Crippen molar-refractivity contribution in [2.45, 2.75) is 31.6 Å². The zero-order valence-electron chi connectivity index (χ0n) is 18.4. The highest BCUT2D eigenvalue weighted by molar-refractivity contribution is 7.99. The fraction of sp³-hybridized carbons (Fsp3) is 0.286. The summed E-state index contributed by atoms with van der Waals surface area (Å²) in [7, 11) is 0. The van der Waals surface area contributed by atoms with Crippen LogP contribution in [-0.2, 0) is 15.7 Å². The second-order valence-electron chi connectivity index (χ2n) is 6.99. The molecule has 8 nitrogen and oxygen atoms in total. The van der Waals surface area contributed by atoms with Crippen molar-refractivity contribution in [2.24, 2.45) is 5.73 Å². The number of alkyl halides is 3. The summed E-state index contributed by atoms with van der Waals surface area (Å²) < 4.78 is 45.1. The molecule has 2 amide bonds. The van der Waals surface area contributed by atoms with E-state index in [1.165, 1.54) is 18.3 Å². The number of nitrogens with zero attached hydrogens (tertiary/aromatic N) is 2. The van der Waals surface area contributed by atoms with Gasteiger partial charge in [0.2, 0.25) is 5.91 Å². The van der Waals surface area contributed by atoms with Crippen molar-refractivity contribution in [3.63, 3.8) is 0 Å². The van der Waals surface area contributed by atoms with Crippen molar-refractivity contribution >= 4 is 57.2 Å². The van der Waals surface area contributed by atoms with Crippen molar-refractivity contribution in [3.8, 4) is 10.6 Å². The summed E-state index contributed by atoms with van der Waals surface area (Å²) in [5.74, 6) is -2.49. The number of hydrogen-bond donors (Lipinski definition) is 2. The summed E-state index contributed by atoms with van der Waals surface area (Å²) >= 11 is 2.74. The van der Waals surface area contributed by atoms with Crippen LogP contribution < -0.4 is 11.1 Å².